The van der Waals surface area contributed by atoms with Crippen molar-refractivity contribution in [2.75, 3.05) is 0 Å². The summed E-state index contributed by atoms with van der Waals surface area (Å²) in [6, 6.07) is 7.62. The van der Waals surface area contributed by atoms with E-state index < -0.39 is 11.0 Å². The van der Waals surface area contributed by atoms with Crippen LogP contribution >= 0.6 is 0 Å². The maximum Gasteiger partial charge on any atom is 0.149 e. The molecule has 0 saturated heterocycles. The first-order chi connectivity index (χ1) is 8.24. The Kier molecular flexibility index (Phi) is 9.06. The lowest BCUT2D eigenvalue weighted by Crippen LogP contribution is -2.09. The van der Waals surface area contributed by atoms with Crippen molar-refractivity contribution in [2.24, 2.45) is 0 Å². The zero-order valence-electron chi connectivity index (χ0n) is 10.9. The van der Waals surface area contributed by atoms with E-state index in [0.717, 1.165) is 4.90 Å². The summed E-state index contributed by atoms with van der Waals surface area (Å²) in [5.74, 6) is 0. The first kappa shape index (κ1) is 15.7. The highest BCUT2D eigenvalue weighted by Gasteiger charge is 1.98. The van der Waals surface area contributed by atoms with E-state index in [1.54, 1.807) is 6.20 Å². The maximum absolute atomic E-state index is 11.6. The van der Waals surface area contributed by atoms with Crippen LogP contribution in [0.3, 0.4) is 0 Å². The van der Waals surface area contributed by atoms with Gasteiger partial charge in [-0.25, -0.2) is 4.21 Å². The van der Waals surface area contributed by atoms with Crippen LogP contribution in [0.1, 0.15) is 26.3 Å². The first-order valence-electron chi connectivity index (χ1n) is 5.76. The van der Waals surface area contributed by atoms with Gasteiger partial charge in [0.1, 0.15) is 11.0 Å². The standard InChI is InChI=1S/C12H15NOS.C2H6/c1-3-4-5-10-13-15(14)12-8-6-11(2)7-9-12;1-2/h3-10,13H,1-2H3;1-2H3/b4-3-,10-5-;. The lowest BCUT2D eigenvalue weighted by molar-refractivity contribution is 0.679. The summed E-state index contributed by atoms with van der Waals surface area (Å²) < 4.78 is 14.4. The van der Waals surface area contributed by atoms with Crippen LogP contribution in [0, 0.1) is 6.92 Å². The molecule has 1 aromatic carbocycles. The summed E-state index contributed by atoms with van der Waals surface area (Å²) in [4.78, 5) is 0.783. The molecule has 0 aliphatic rings. The van der Waals surface area contributed by atoms with Gasteiger partial charge in [-0.15, -0.1) is 0 Å². The van der Waals surface area contributed by atoms with Crippen molar-refractivity contribution in [3.05, 3.63) is 54.3 Å². The van der Waals surface area contributed by atoms with Crippen LogP contribution < -0.4 is 4.72 Å². The Hall–Kier alpha value is -1.35. The van der Waals surface area contributed by atoms with Crippen LogP contribution in [-0.4, -0.2) is 4.21 Å². The van der Waals surface area contributed by atoms with Gasteiger partial charge in [-0.05, 0) is 32.1 Å². The Balaban J connectivity index is 0.00000121. The molecule has 0 bridgehead atoms. The zero-order valence-corrected chi connectivity index (χ0v) is 11.8. The molecule has 0 aliphatic heterocycles. The van der Waals surface area contributed by atoms with E-state index >= 15 is 0 Å². The van der Waals surface area contributed by atoms with Crippen LogP contribution in [0.15, 0.2) is 53.6 Å². The molecule has 1 rings (SSSR count). The lowest BCUT2D eigenvalue weighted by atomic mass is 10.2. The third kappa shape index (κ3) is 6.74. The van der Waals surface area contributed by atoms with Crippen LogP contribution in [0.4, 0.5) is 0 Å². The SMILES string of the molecule is C/C=C\C=C/NS(=O)c1ccc(C)cc1.CC. The van der Waals surface area contributed by atoms with Crippen LogP contribution in [0.2, 0.25) is 0 Å². The summed E-state index contributed by atoms with van der Waals surface area (Å²) in [5, 5.41) is 0. The molecule has 1 N–H and O–H groups in total. The molecule has 3 heteroatoms. The van der Waals surface area contributed by atoms with Gasteiger partial charge in [0.15, 0.2) is 0 Å². The largest absolute Gasteiger partial charge is 0.308 e. The molecule has 0 heterocycles. The molecule has 0 radical (unpaired) electrons. The van der Waals surface area contributed by atoms with Crippen LogP contribution in [-0.2, 0) is 11.0 Å². The van der Waals surface area contributed by atoms with Gasteiger partial charge in [0.2, 0.25) is 0 Å². The Morgan fingerprint density at radius 2 is 1.71 bits per heavy atom. The zero-order chi connectivity index (χ0) is 13.1. The topological polar surface area (TPSA) is 29.1 Å². The summed E-state index contributed by atoms with van der Waals surface area (Å²) in [7, 11) is -1.17. The smallest absolute Gasteiger partial charge is 0.149 e. The summed E-state index contributed by atoms with van der Waals surface area (Å²) in [6.45, 7) is 7.94. The van der Waals surface area contributed by atoms with Crippen molar-refractivity contribution in [2.45, 2.75) is 32.6 Å². The minimum atomic E-state index is -1.17. The van der Waals surface area contributed by atoms with E-state index in [1.807, 2.05) is 70.2 Å². The molecule has 17 heavy (non-hydrogen) atoms. The second-order valence-corrected chi connectivity index (χ2v) is 4.33. The quantitative estimate of drug-likeness (QED) is 0.812. The maximum atomic E-state index is 11.6. The van der Waals surface area contributed by atoms with E-state index in [2.05, 4.69) is 4.72 Å². The van der Waals surface area contributed by atoms with Crippen LogP contribution in [0.5, 0.6) is 0 Å². The minimum Gasteiger partial charge on any atom is -0.308 e. The average molecular weight is 251 g/mol. The number of nitrogens with one attached hydrogen (secondary N) is 1. The predicted octanol–water partition coefficient (Wildman–Crippen LogP) is 3.72. The van der Waals surface area contributed by atoms with Gasteiger partial charge in [0, 0.05) is 6.20 Å². The normalized spacial score (nSPS) is 12.2. The van der Waals surface area contributed by atoms with E-state index in [-0.39, 0.29) is 0 Å². The van der Waals surface area contributed by atoms with E-state index in [0.29, 0.717) is 0 Å². The number of aryl methyl sites for hydroxylation is 1. The van der Waals surface area contributed by atoms with Gasteiger partial charge < -0.3 is 4.72 Å². The number of benzene rings is 1. The first-order valence-corrected chi connectivity index (χ1v) is 6.91. The number of hydrogen-bond donors (Lipinski definition) is 1. The molecular weight excluding hydrogens is 230 g/mol. The Morgan fingerprint density at radius 3 is 2.24 bits per heavy atom. The fourth-order valence-electron chi connectivity index (χ4n) is 0.998. The monoisotopic (exact) mass is 251 g/mol. The van der Waals surface area contributed by atoms with Crippen molar-refractivity contribution in [3.63, 3.8) is 0 Å². The molecule has 0 spiro atoms. The van der Waals surface area contributed by atoms with Crippen molar-refractivity contribution in [3.8, 4) is 0 Å². The fourth-order valence-corrected chi connectivity index (χ4v) is 1.72. The third-order valence-electron chi connectivity index (χ3n) is 1.81. The van der Waals surface area contributed by atoms with Crippen LogP contribution in [0.25, 0.3) is 0 Å². The van der Waals surface area contributed by atoms with Gasteiger partial charge in [-0.3, -0.25) is 0 Å². The Morgan fingerprint density at radius 1 is 1.12 bits per heavy atom. The highest BCUT2D eigenvalue weighted by Crippen LogP contribution is 2.06. The molecule has 94 valence electrons. The highest BCUT2D eigenvalue weighted by atomic mass is 32.2. The second-order valence-electron chi connectivity index (χ2n) is 3.08. The van der Waals surface area contributed by atoms with Gasteiger partial charge in [0.05, 0.1) is 4.90 Å². The molecule has 1 unspecified atom stereocenters. The molecule has 0 aliphatic carbocycles. The average Bonchev–Trinajstić information content (AvgIpc) is 2.38. The van der Waals surface area contributed by atoms with E-state index in [4.69, 9.17) is 0 Å². The van der Waals surface area contributed by atoms with Gasteiger partial charge in [-0.2, -0.15) is 0 Å². The van der Waals surface area contributed by atoms with Crippen molar-refractivity contribution in [1.29, 1.82) is 0 Å². The van der Waals surface area contributed by atoms with Crippen molar-refractivity contribution >= 4 is 11.0 Å². The molecular formula is C14H21NOS. The van der Waals surface area contributed by atoms with E-state index in [9.17, 15) is 4.21 Å². The third-order valence-corrected chi connectivity index (χ3v) is 2.86. The summed E-state index contributed by atoms with van der Waals surface area (Å²) in [6.07, 6.45) is 7.27. The number of rotatable bonds is 4. The van der Waals surface area contributed by atoms with Crippen molar-refractivity contribution in [1.82, 2.24) is 4.72 Å². The molecule has 0 fully saturated rings. The second kappa shape index (κ2) is 9.85. The molecule has 0 amide bonds. The summed E-state index contributed by atoms with van der Waals surface area (Å²) in [5.41, 5.74) is 1.17. The molecule has 0 aromatic heterocycles. The van der Waals surface area contributed by atoms with Gasteiger partial charge in [0.25, 0.3) is 0 Å². The molecule has 1 aromatic rings. The van der Waals surface area contributed by atoms with Gasteiger partial charge >= 0.3 is 0 Å². The van der Waals surface area contributed by atoms with E-state index in [1.165, 1.54) is 5.56 Å². The molecule has 1 atom stereocenters. The van der Waals surface area contributed by atoms with Crippen molar-refractivity contribution < 1.29 is 4.21 Å². The minimum absolute atomic E-state index is 0.783. The lowest BCUT2D eigenvalue weighted by Gasteiger charge is -2.00. The molecule has 2 nitrogen and oxygen atoms in total. The fraction of sp³-hybridized carbons (Fsp3) is 0.286. The van der Waals surface area contributed by atoms with Gasteiger partial charge in [-0.1, -0.05) is 43.7 Å². The molecule has 0 saturated carbocycles. The highest BCUT2D eigenvalue weighted by molar-refractivity contribution is 7.83. The predicted molar refractivity (Wildman–Crippen MR) is 76.0 cm³/mol. The Labute approximate surface area is 107 Å². The number of allylic oxidation sites excluding steroid dienone is 3. The number of hydrogen-bond acceptors (Lipinski definition) is 1. The Bertz CT molecular complexity index is 380. The summed E-state index contributed by atoms with van der Waals surface area (Å²) >= 11 is 0.